The van der Waals surface area contributed by atoms with E-state index in [-0.39, 0.29) is 17.1 Å². The van der Waals surface area contributed by atoms with Crippen LogP contribution in [0.5, 0.6) is 0 Å². The molecule has 1 atom stereocenters. The van der Waals surface area contributed by atoms with Crippen molar-refractivity contribution in [3.8, 4) is 0 Å². The number of pyridine rings is 1. The molecule has 0 bridgehead atoms. The molecule has 0 radical (unpaired) electrons. The fourth-order valence-electron chi connectivity index (χ4n) is 3.03. The first kappa shape index (κ1) is 16.0. The molecule has 2 heterocycles. The van der Waals surface area contributed by atoms with Crippen LogP contribution < -0.4 is 10.2 Å². The summed E-state index contributed by atoms with van der Waals surface area (Å²) >= 11 is 0. The Kier molecular flexibility index (Phi) is 4.69. The van der Waals surface area contributed by atoms with E-state index in [4.69, 9.17) is 0 Å². The molecule has 1 saturated heterocycles. The van der Waals surface area contributed by atoms with E-state index in [1.807, 2.05) is 4.90 Å². The first-order valence-electron chi connectivity index (χ1n) is 7.61. The van der Waals surface area contributed by atoms with Gasteiger partial charge in [0.1, 0.15) is 0 Å². The lowest BCUT2D eigenvalue weighted by molar-refractivity contribution is 0.220. The summed E-state index contributed by atoms with van der Waals surface area (Å²) in [6.07, 6.45) is 3.16. The Hall–Kier alpha value is -1.39. The normalized spacial score (nSPS) is 20.3. The average Bonchev–Trinajstić information content (AvgIpc) is 2.64. The molecule has 21 heavy (non-hydrogen) atoms. The minimum absolute atomic E-state index is 0.100. The van der Waals surface area contributed by atoms with Gasteiger partial charge in [-0.1, -0.05) is 20.8 Å². The van der Waals surface area contributed by atoms with Crippen molar-refractivity contribution >= 4 is 11.6 Å². The molecule has 0 aromatic carbocycles. The molecule has 1 unspecified atom stereocenters. The molecule has 5 heteroatoms. The number of halogens is 2. The van der Waals surface area contributed by atoms with Crippen molar-refractivity contribution in [2.24, 2.45) is 11.3 Å². The molecule has 1 aromatic heterocycles. The summed E-state index contributed by atoms with van der Waals surface area (Å²) in [5.74, 6) is -0.255. The Balaban J connectivity index is 2.19. The summed E-state index contributed by atoms with van der Waals surface area (Å²) in [5, 5.41) is 2.67. The predicted octanol–water partition coefficient (Wildman–Crippen LogP) is 4.05. The van der Waals surface area contributed by atoms with Crippen molar-refractivity contribution in [1.29, 1.82) is 0 Å². The third kappa shape index (κ3) is 3.63. The number of hydrogen-bond donors (Lipinski definition) is 1. The maximum absolute atomic E-state index is 14.0. The van der Waals surface area contributed by atoms with Gasteiger partial charge in [-0.25, -0.2) is 13.8 Å². The fourth-order valence-corrected chi connectivity index (χ4v) is 3.03. The Morgan fingerprint density at radius 1 is 1.19 bits per heavy atom. The molecule has 1 N–H and O–H groups in total. The summed E-state index contributed by atoms with van der Waals surface area (Å²) < 4.78 is 27.6. The summed E-state index contributed by atoms with van der Waals surface area (Å²) in [7, 11) is 1.59. The highest BCUT2D eigenvalue weighted by molar-refractivity contribution is 5.49. The van der Waals surface area contributed by atoms with Gasteiger partial charge >= 0.3 is 0 Å². The van der Waals surface area contributed by atoms with Gasteiger partial charge in [-0.05, 0) is 30.6 Å². The minimum Gasteiger partial charge on any atom is -0.371 e. The third-order valence-corrected chi connectivity index (χ3v) is 4.40. The van der Waals surface area contributed by atoms with Crippen LogP contribution in [-0.4, -0.2) is 25.1 Å². The van der Waals surface area contributed by atoms with E-state index in [9.17, 15) is 8.78 Å². The Labute approximate surface area is 125 Å². The van der Waals surface area contributed by atoms with E-state index >= 15 is 0 Å². The van der Waals surface area contributed by atoms with E-state index in [1.54, 1.807) is 7.05 Å². The molecular weight excluding hydrogens is 272 g/mol. The Bertz CT molecular complexity index is 497. The highest BCUT2D eigenvalue weighted by Gasteiger charge is 2.28. The topological polar surface area (TPSA) is 28.2 Å². The molecule has 1 fully saturated rings. The van der Waals surface area contributed by atoms with Crippen LogP contribution in [0.3, 0.4) is 0 Å². The van der Waals surface area contributed by atoms with Crippen LogP contribution in [0.15, 0.2) is 6.07 Å². The van der Waals surface area contributed by atoms with Crippen molar-refractivity contribution in [1.82, 2.24) is 4.98 Å². The molecular formula is C16H25F2N3. The van der Waals surface area contributed by atoms with Gasteiger partial charge in [0.2, 0.25) is 0 Å². The SMILES string of the molecule is CNc1nc(N2CCCC(C(C)(C)C)CC2)c(F)cc1F. The smallest absolute Gasteiger partial charge is 0.168 e. The molecule has 0 amide bonds. The van der Waals surface area contributed by atoms with Crippen molar-refractivity contribution in [3.63, 3.8) is 0 Å². The Morgan fingerprint density at radius 2 is 1.90 bits per heavy atom. The van der Waals surface area contributed by atoms with Crippen LogP contribution in [0.1, 0.15) is 40.0 Å². The van der Waals surface area contributed by atoms with Gasteiger partial charge in [0.25, 0.3) is 0 Å². The van der Waals surface area contributed by atoms with E-state index in [0.29, 0.717) is 5.92 Å². The van der Waals surface area contributed by atoms with Crippen LogP contribution in [0.25, 0.3) is 0 Å². The summed E-state index contributed by atoms with van der Waals surface area (Å²) in [6.45, 7) is 8.29. The van der Waals surface area contributed by atoms with E-state index in [0.717, 1.165) is 38.4 Å². The second-order valence-electron chi connectivity index (χ2n) is 6.86. The molecule has 1 aliphatic rings. The number of rotatable bonds is 2. The molecule has 0 spiro atoms. The van der Waals surface area contributed by atoms with Crippen LogP contribution in [0.2, 0.25) is 0 Å². The van der Waals surface area contributed by atoms with Crippen LogP contribution in [-0.2, 0) is 0 Å². The lowest BCUT2D eigenvalue weighted by atomic mass is 9.77. The molecule has 118 valence electrons. The second kappa shape index (κ2) is 6.16. The van der Waals surface area contributed by atoms with Gasteiger partial charge in [-0.2, -0.15) is 0 Å². The summed E-state index contributed by atoms with van der Waals surface area (Å²) in [5.41, 5.74) is 0.265. The fraction of sp³-hybridized carbons (Fsp3) is 0.688. The van der Waals surface area contributed by atoms with Crippen LogP contribution in [0.4, 0.5) is 20.4 Å². The largest absolute Gasteiger partial charge is 0.371 e. The van der Waals surface area contributed by atoms with E-state index in [1.165, 1.54) is 0 Å². The van der Waals surface area contributed by atoms with Crippen LogP contribution in [0, 0.1) is 23.0 Å². The van der Waals surface area contributed by atoms with Crippen LogP contribution >= 0.6 is 0 Å². The predicted molar refractivity (Wildman–Crippen MR) is 82.7 cm³/mol. The number of hydrogen-bond acceptors (Lipinski definition) is 3. The molecule has 1 aliphatic heterocycles. The van der Waals surface area contributed by atoms with Gasteiger partial charge in [-0.15, -0.1) is 0 Å². The van der Waals surface area contributed by atoms with Gasteiger partial charge in [-0.3, -0.25) is 0 Å². The summed E-state index contributed by atoms with van der Waals surface area (Å²) in [4.78, 5) is 6.05. The zero-order chi connectivity index (χ0) is 15.6. The summed E-state index contributed by atoms with van der Waals surface area (Å²) in [6, 6.07) is 0.917. The molecule has 0 saturated carbocycles. The van der Waals surface area contributed by atoms with Crippen molar-refractivity contribution in [3.05, 3.63) is 17.7 Å². The molecule has 3 nitrogen and oxygen atoms in total. The standard InChI is InChI=1S/C16H25F2N3/c1-16(2,3)11-6-5-8-21(9-7-11)15-13(18)10-12(17)14(19-4)20-15/h10-11H,5-9H2,1-4H3,(H,19,20). The second-order valence-corrected chi connectivity index (χ2v) is 6.86. The maximum Gasteiger partial charge on any atom is 0.168 e. The maximum atomic E-state index is 14.0. The Morgan fingerprint density at radius 3 is 2.52 bits per heavy atom. The van der Waals surface area contributed by atoms with Crippen molar-refractivity contribution in [2.45, 2.75) is 40.0 Å². The average molecular weight is 297 g/mol. The molecule has 0 aliphatic carbocycles. The highest BCUT2D eigenvalue weighted by atomic mass is 19.1. The number of aromatic nitrogens is 1. The lowest BCUT2D eigenvalue weighted by Gasteiger charge is -2.30. The molecule has 1 aromatic rings. The zero-order valence-electron chi connectivity index (χ0n) is 13.3. The van der Waals surface area contributed by atoms with Crippen molar-refractivity contribution < 1.29 is 8.78 Å². The van der Waals surface area contributed by atoms with Gasteiger partial charge in [0.05, 0.1) is 0 Å². The number of nitrogens with one attached hydrogen (secondary N) is 1. The third-order valence-electron chi connectivity index (χ3n) is 4.40. The highest BCUT2D eigenvalue weighted by Crippen LogP contribution is 2.35. The zero-order valence-corrected chi connectivity index (χ0v) is 13.3. The first-order valence-corrected chi connectivity index (χ1v) is 7.61. The minimum atomic E-state index is -0.652. The van der Waals surface area contributed by atoms with E-state index in [2.05, 4.69) is 31.1 Å². The van der Waals surface area contributed by atoms with Gasteiger partial charge in [0, 0.05) is 26.2 Å². The first-order chi connectivity index (χ1) is 9.82. The number of nitrogens with zero attached hydrogens (tertiary/aromatic N) is 2. The molecule has 2 rings (SSSR count). The number of anilines is 2. The van der Waals surface area contributed by atoms with Gasteiger partial charge in [0.15, 0.2) is 23.3 Å². The van der Waals surface area contributed by atoms with E-state index < -0.39 is 11.6 Å². The lowest BCUT2D eigenvalue weighted by Crippen LogP contribution is -2.28. The van der Waals surface area contributed by atoms with Gasteiger partial charge < -0.3 is 10.2 Å². The monoisotopic (exact) mass is 297 g/mol. The van der Waals surface area contributed by atoms with Crippen molar-refractivity contribution in [2.75, 3.05) is 30.4 Å². The quantitative estimate of drug-likeness (QED) is 0.892.